The van der Waals surface area contributed by atoms with Gasteiger partial charge in [0.1, 0.15) is 0 Å². The summed E-state index contributed by atoms with van der Waals surface area (Å²) in [5, 5.41) is 3.05. The number of hydrogen-bond acceptors (Lipinski definition) is 2. The number of amides is 1. The van der Waals surface area contributed by atoms with Crippen LogP contribution in [0.4, 0.5) is 0 Å². The van der Waals surface area contributed by atoms with E-state index in [9.17, 15) is 4.79 Å². The van der Waals surface area contributed by atoms with E-state index in [-0.39, 0.29) is 11.9 Å². The first-order valence-electron chi connectivity index (χ1n) is 6.23. The molecule has 0 saturated heterocycles. The van der Waals surface area contributed by atoms with E-state index in [2.05, 4.69) is 12.2 Å². The number of carbonyl (C=O) groups excluding carboxylic acids is 1. The molecule has 3 nitrogen and oxygen atoms in total. The normalized spacial score (nSPS) is 28.5. The van der Waals surface area contributed by atoms with Gasteiger partial charge in [0.15, 0.2) is 0 Å². The van der Waals surface area contributed by atoms with E-state index < -0.39 is 0 Å². The number of carbonyl (C=O) groups is 1. The van der Waals surface area contributed by atoms with Crippen molar-refractivity contribution >= 4 is 5.91 Å². The minimum atomic E-state index is -0.325. The predicted octanol–water partition coefficient (Wildman–Crippen LogP) is 1.81. The van der Waals surface area contributed by atoms with Crippen LogP contribution >= 0.6 is 0 Å². The van der Waals surface area contributed by atoms with Crippen molar-refractivity contribution in [3.63, 3.8) is 0 Å². The van der Waals surface area contributed by atoms with E-state index in [0.717, 1.165) is 25.2 Å². The lowest BCUT2D eigenvalue weighted by Gasteiger charge is -2.29. The van der Waals surface area contributed by atoms with Gasteiger partial charge < -0.3 is 11.1 Å². The first-order chi connectivity index (χ1) is 7.17. The van der Waals surface area contributed by atoms with Crippen molar-refractivity contribution in [2.24, 2.45) is 11.7 Å². The summed E-state index contributed by atoms with van der Waals surface area (Å²) in [4.78, 5) is 11.6. The Labute approximate surface area is 92.8 Å². The maximum absolute atomic E-state index is 11.6. The summed E-state index contributed by atoms with van der Waals surface area (Å²) < 4.78 is 0. The zero-order chi connectivity index (χ0) is 11.3. The largest absolute Gasteiger partial charge is 0.352 e. The van der Waals surface area contributed by atoms with Crippen LogP contribution in [0.1, 0.15) is 52.4 Å². The summed E-state index contributed by atoms with van der Waals surface area (Å²) in [6.07, 6.45) is 6.75. The smallest absolute Gasteiger partial charge is 0.237 e. The Hall–Kier alpha value is -0.570. The molecule has 0 radical (unpaired) electrons. The number of nitrogens with one attached hydrogen (secondary N) is 1. The molecule has 0 aromatic rings. The maximum atomic E-state index is 11.6. The van der Waals surface area contributed by atoms with Crippen molar-refractivity contribution in [3.05, 3.63) is 0 Å². The average Bonchev–Trinajstić information content (AvgIpc) is 2.29. The molecule has 0 bridgehead atoms. The van der Waals surface area contributed by atoms with Crippen molar-refractivity contribution in [1.29, 1.82) is 0 Å². The molecule has 1 aliphatic rings. The van der Waals surface area contributed by atoms with Crippen molar-refractivity contribution < 1.29 is 4.79 Å². The molecule has 1 rings (SSSR count). The Bertz CT molecular complexity index is 198. The molecule has 88 valence electrons. The summed E-state index contributed by atoms with van der Waals surface area (Å²) in [6.45, 7) is 4.19. The standard InChI is InChI=1S/C12H24N2O/c1-3-9-5-7-10(8-6-9)14-12(15)11(13)4-2/h9-11H,3-8,13H2,1-2H3,(H,14,15)/t9?,10?,11-/m1/s1. The summed E-state index contributed by atoms with van der Waals surface area (Å²) in [6, 6.07) is 0.0480. The highest BCUT2D eigenvalue weighted by Gasteiger charge is 2.22. The predicted molar refractivity (Wildman–Crippen MR) is 62.4 cm³/mol. The van der Waals surface area contributed by atoms with Crippen LogP contribution in [0.2, 0.25) is 0 Å². The second-order valence-electron chi connectivity index (χ2n) is 4.65. The molecule has 1 amide bonds. The molecule has 1 aliphatic carbocycles. The summed E-state index contributed by atoms with van der Waals surface area (Å²) in [5.74, 6) is 0.899. The van der Waals surface area contributed by atoms with E-state index in [4.69, 9.17) is 5.73 Å². The van der Waals surface area contributed by atoms with Gasteiger partial charge in [0.25, 0.3) is 0 Å². The molecule has 3 heteroatoms. The molecule has 1 fully saturated rings. The van der Waals surface area contributed by atoms with E-state index in [1.807, 2.05) is 6.92 Å². The van der Waals surface area contributed by atoms with Crippen molar-refractivity contribution in [2.75, 3.05) is 0 Å². The summed E-state index contributed by atoms with van der Waals surface area (Å²) >= 11 is 0. The van der Waals surface area contributed by atoms with Gasteiger partial charge in [-0.25, -0.2) is 0 Å². The van der Waals surface area contributed by atoms with Crippen LogP contribution in [0.15, 0.2) is 0 Å². The molecule has 1 atom stereocenters. The number of nitrogens with two attached hydrogens (primary N) is 1. The van der Waals surface area contributed by atoms with Crippen molar-refractivity contribution in [2.45, 2.75) is 64.5 Å². The highest BCUT2D eigenvalue weighted by Crippen LogP contribution is 2.26. The van der Waals surface area contributed by atoms with E-state index in [1.165, 1.54) is 19.3 Å². The van der Waals surface area contributed by atoms with Gasteiger partial charge in [0.05, 0.1) is 6.04 Å². The van der Waals surface area contributed by atoms with Gasteiger partial charge in [-0.15, -0.1) is 0 Å². The Balaban J connectivity index is 2.26. The quantitative estimate of drug-likeness (QED) is 0.746. The monoisotopic (exact) mass is 212 g/mol. The molecule has 0 spiro atoms. The van der Waals surface area contributed by atoms with E-state index in [1.54, 1.807) is 0 Å². The second kappa shape index (κ2) is 6.11. The number of rotatable bonds is 4. The molecule has 0 heterocycles. The average molecular weight is 212 g/mol. The Morgan fingerprint density at radius 3 is 2.40 bits per heavy atom. The lowest BCUT2D eigenvalue weighted by molar-refractivity contribution is -0.123. The van der Waals surface area contributed by atoms with Crippen molar-refractivity contribution in [3.8, 4) is 0 Å². The zero-order valence-corrected chi connectivity index (χ0v) is 9.96. The SMILES string of the molecule is CCC1CCC(NC(=O)[C@H](N)CC)CC1. The van der Waals surface area contributed by atoms with Crippen LogP contribution in [0.25, 0.3) is 0 Å². The lowest BCUT2D eigenvalue weighted by atomic mass is 9.84. The fourth-order valence-electron chi connectivity index (χ4n) is 2.21. The van der Waals surface area contributed by atoms with Gasteiger partial charge in [-0.3, -0.25) is 4.79 Å². The van der Waals surface area contributed by atoms with Crippen LogP contribution in [0.3, 0.4) is 0 Å². The second-order valence-corrected chi connectivity index (χ2v) is 4.65. The topological polar surface area (TPSA) is 55.1 Å². The first kappa shape index (κ1) is 12.5. The molecular formula is C12H24N2O. The van der Waals surface area contributed by atoms with Gasteiger partial charge in [-0.05, 0) is 38.0 Å². The van der Waals surface area contributed by atoms with Crippen LogP contribution in [0.5, 0.6) is 0 Å². The third kappa shape index (κ3) is 3.82. The van der Waals surface area contributed by atoms with E-state index >= 15 is 0 Å². The molecule has 3 N–H and O–H groups in total. The Kier molecular flexibility index (Phi) is 5.09. The fourth-order valence-corrected chi connectivity index (χ4v) is 2.21. The van der Waals surface area contributed by atoms with E-state index in [0.29, 0.717) is 6.04 Å². The third-order valence-corrected chi connectivity index (χ3v) is 3.55. The Morgan fingerprint density at radius 2 is 1.93 bits per heavy atom. The number of hydrogen-bond donors (Lipinski definition) is 2. The molecule has 0 unspecified atom stereocenters. The van der Waals surface area contributed by atoms with Crippen molar-refractivity contribution in [1.82, 2.24) is 5.32 Å². The summed E-state index contributed by atoms with van der Waals surface area (Å²) in [5.41, 5.74) is 5.68. The van der Waals surface area contributed by atoms with Gasteiger partial charge >= 0.3 is 0 Å². The molecular weight excluding hydrogens is 188 g/mol. The molecule has 0 aromatic carbocycles. The molecule has 0 aromatic heterocycles. The van der Waals surface area contributed by atoms with Gasteiger partial charge in [0.2, 0.25) is 5.91 Å². The molecule has 0 aliphatic heterocycles. The minimum Gasteiger partial charge on any atom is -0.352 e. The van der Waals surface area contributed by atoms with Gasteiger partial charge in [-0.2, -0.15) is 0 Å². The first-order valence-corrected chi connectivity index (χ1v) is 6.23. The highest BCUT2D eigenvalue weighted by atomic mass is 16.2. The van der Waals surface area contributed by atoms with Crippen LogP contribution in [-0.2, 0) is 4.79 Å². The van der Waals surface area contributed by atoms with Crippen LogP contribution < -0.4 is 11.1 Å². The lowest BCUT2D eigenvalue weighted by Crippen LogP contribution is -2.46. The molecule has 1 saturated carbocycles. The summed E-state index contributed by atoms with van der Waals surface area (Å²) in [7, 11) is 0. The van der Waals surface area contributed by atoms with Crippen LogP contribution in [0, 0.1) is 5.92 Å². The molecule has 15 heavy (non-hydrogen) atoms. The van der Waals surface area contributed by atoms with Crippen LogP contribution in [-0.4, -0.2) is 18.0 Å². The maximum Gasteiger partial charge on any atom is 0.237 e. The fraction of sp³-hybridized carbons (Fsp3) is 0.917. The minimum absolute atomic E-state index is 0.0254. The highest BCUT2D eigenvalue weighted by molar-refractivity contribution is 5.81. The third-order valence-electron chi connectivity index (χ3n) is 3.55. The Morgan fingerprint density at radius 1 is 1.33 bits per heavy atom. The zero-order valence-electron chi connectivity index (χ0n) is 9.96. The van der Waals surface area contributed by atoms with Gasteiger partial charge in [-0.1, -0.05) is 20.3 Å². The van der Waals surface area contributed by atoms with Gasteiger partial charge in [0, 0.05) is 6.04 Å².